The molecule has 144 valence electrons. The van der Waals surface area contributed by atoms with E-state index in [1.165, 1.54) is 31.4 Å². The molecule has 11 heteroatoms. The third-order valence-corrected chi connectivity index (χ3v) is 3.47. The lowest BCUT2D eigenvalue weighted by atomic mass is 10.3. The standard InChI is InChI=1S/C17H15FN6O4/c1-27-13-8-6-12(7-9-13)20-17(25)21-16-14(23-28-24-16)15(22-26)19-11-4-2-10(18)3-5-11/h2-9,26H,1H3,(H,19,22)(H2,20,21,24,25). The number of hydrogen-bond donors (Lipinski definition) is 4. The fraction of sp³-hybridized carbons (Fsp3) is 0.0588. The number of hydrogen-bond acceptors (Lipinski definition) is 7. The molecule has 0 saturated heterocycles. The third kappa shape index (κ3) is 4.59. The number of halogens is 1. The van der Waals surface area contributed by atoms with Gasteiger partial charge in [0.15, 0.2) is 11.5 Å². The van der Waals surface area contributed by atoms with Crippen LogP contribution in [0, 0.1) is 5.82 Å². The van der Waals surface area contributed by atoms with Crippen molar-refractivity contribution in [1.82, 2.24) is 15.8 Å². The van der Waals surface area contributed by atoms with Gasteiger partial charge in [-0.2, -0.15) is 0 Å². The normalized spacial score (nSPS) is 11.0. The largest absolute Gasteiger partial charge is 0.497 e. The van der Waals surface area contributed by atoms with Crippen molar-refractivity contribution >= 4 is 29.1 Å². The molecule has 1 heterocycles. The minimum atomic E-state index is -0.624. The molecular formula is C17H15FN6O4. The zero-order valence-corrected chi connectivity index (χ0v) is 14.5. The number of carbonyl (C=O) groups excluding carboxylic acids is 1. The van der Waals surface area contributed by atoms with Crippen LogP contribution < -0.4 is 20.9 Å². The Kier molecular flexibility index (Phi) is 5.77. The second-order valence-corrected chi connectivity index (χ2v) is 5.32. The van der Waals surface area contributed by atoms with Crippen molar-refractivity contribution < 1.29 is 23.8 Å². The number of anilines is 2. The maximum absolute atomic E-state index is 13.0. The quantitative estimate of drug-likeness (QED) is 0.301. The number of nitrogens with zero attached hydrogens (tertiary/aromatic N) is 3. The number of methoxy groups -OCH3 is 1. The Morgan fingerprint density at radius 3 is 2.46 bits per heavy atom. The first kappa shape index (κ1) is 18.8. The number of aromatic nitrogens is 2. The minimum absolute atomic E-state index is 0.0586. The summed E-state index contributed by atoms with van der Waals surface area (Å²) in [5.41, 5.74) is 2.63. The van der Waals surface area contributed by atoms with Gasteiger partial charge in [-0.1, -0.05) is 0 Å². The van der Waals surface area contributed by atoms with E-state index < -0.39 is 11.8 Å². The van der Waals surface area contributed by atoms with Crippen molar-refractivity contribution in [3.8, 4) is 5.75 Å². The predicted molar refractivity (Wildman–Crippen MR) is 97.5 cm³/mol. The van der Waals surface area contributed by atoms with Crippen LogP contribution in [0.15, 0.2) is 58.2 Å². The lowest BCUT2D eigenvalue weighted by Crippen LogP contribution is -2.25. The Morgan fingerprint density at radius 2 is 1.82 bits per heavy atom. The zero-order valence-electron chi connectivity index (χ0n) is 14.5. The van der Waals surface area contributed by atoms with Gasteiger partial charge in [-0.05, 0) is 58.8 Å². The van der Waals surface area contributed by atoms with Crippen LogP contribution in [0.3, 0.4) is 0 Å². The van der Waals surface area contributed by atoms with Crippen LogP contribution in [0.5, 0.6) is 5.75 Å². The Hall–Kier alpha value is -3.99. The average molecular weight is 386 g/mol. The summed E-state index contributed by atoms with van der Waals surface area (Å²) in [6, 6.07) is 11.2. The molecule has 0 atom stereocenters. The predicted octanol–water partition coefficient (Wildman–Crippen LogP) is 2.92. The van der Waals surface area contributed by atoms with Gasteiger partial charge in [-0.25, -0.2) is 18.8 Å². The minimum Gasteiger partial charge on any atom is -0.497 e. The lowest BCUT2D eigenvalue weighted by Gasteiger charge is -2.07. The van der Waals surface area contributed by atoms with E-state index in [4.69, 9.17) is 4.74 Å². The topological polar surface area (TPSA) is 134 Å². The number of amidine groups is 1. The number of rotatable bonds is 5. The van der Waals surface area contributed by atoms with E-state index in [0.717, 1.165) is 0 Å². The zero-order chi connectivity index (χ0) is 19.9. The molecular weight excluding hydrogens is 371 g/mol. The monoisotopic (exact) mass is 386 g/mol. The van der Waals surface area contributed by atoms with Crippen molar-refractivity contribution in [2.45, 2.75) is 0 Å². The van der Waals surface area contributed by atoms with Crippen LogP contribution in [0.2, 0.25) is 0 Å². The number of nitrogens with one attached hydrogen (secondary N) is 3. The van der Waals surface area contributed by atoms with Gasteiger partial charge in [0.2, 0.25) is 5.82 Å². The van der Waals surface area contributed by atoms with Gasteiger partial charge in [0.1, 0.15) is 11.6 Å². The highest BCUT2D eigenvalue weighted by Gasteiger charge is 2.19. The van der Waals surface area contributed by atoms with Gasteiger partial charge < -0.3 is 10.1 Å². The number of benzene rings is 2. The summed E-state index contributed by atoms with van der Waals surface area (Å²) < 4.78 is 22.7. The molecule has 3 aromatic rings. The molecule has 0 unspecified atom stereocenters. The SMILES string of the molecule is COc1ccc(NC(=O)Nc2nonc2C(=Nc2ccc(F)cc2)NO)cc1. The molecule has 0 aliphatic heterocycles. The number of carbonyl (C=O) groups is 1. The number of hydroxylamine groups is 1. The Morgan fingerprint density at radius 1 is 1.11 bits per heavy atom. The fourth-order valence-corrected chi connectivity index (χ4v) is 2.15. The molecule has 2 amide bonds. The highest BCUT2D eigenvalue weighted by molar-refractivity contribution is 6.06. The van der Waals surface area contributed by atoms with E-state index >= 15 is 0 Å². The maximum Gasteiger partial charge on any atom is 0.325 e. The van der Waals surface area contributed by atoms with Crippen molar-refractivity contribution in [1.29, 1.82) is 0 Å². The molecule has 0 fully saturated rings. The Bertz CT molecular complexity index is 972. The summed E-state index contributed by atoms with van der Waals surface area (Å²) in [5, 5.41) is 21.6. The maximum atomic E-state index is 13.0. The second-order valence-electron chi connectivity index (χ2n) is 5.32. The van der Waals surface area contributed by atoms with Gasteiger partial charge in [-0.3, -0.25) is 16.0 Å². The van der Waals surface area contributed by atoms with E-state index in [9.17, 15) is 14.4 Å². The van der Waals surface area contributed by atoms with Crippen LogP contribution in [-0.4, -0.2) is 34.5 Å². The van der Waals surface area contributed by atoms with Crippen LogP contribution in [0.25, 0.3) is 0 Å². The molecule has 0 saturated carbocycles. The van der Waals surface area contributed by atoms with Crippen molar-refractivity contribution in [2.24, 2.45) is 4.99 Å². The molecule has 28 heavy (non-hydrogen) atoms. The molecule has 2 aromatic carbocycles. The van der Waals surface area contributed by atoms with E-state index in [1.807, 2.05) is 5.48 Å². The molecule has 0 aliphatic carbocycles. The van der Waals surface area contributed by atoms with Gasteiger partial charge in [0.05, 0.1) is 12.8 Å². The van der Waals surface area contributed by atoms with Crippen molar-refractivity contribution in [3.63, 3.8) is 0 Å². The number of ether oxygens (including phenoxy) is 1. The molecule has 0 aliphatic rings. The molecule has 1 aromatic heterocycles. The number of amides is 2. The van der Waals surface area contributed by atoms with Crippen LogP contribution in [0.4, 0.5) is 26.4 Å². The van der Waals surface area contributed by atoms with E-state index in [1.54, 1.807) is 24.3 Å². The highest BCUT2D eigenvalue weighted by Crippen LogP contribution is 2.18. The van der Waals surface area contributed by atoms with Gasteiger partial charge >= 0.3 is 6.03 Å². The summed E-state index contributed by atoms with van der Waals surface area (Å²) in [5.74, 6) is -0.0382. The lowest BCUT2D eigenvalue weighted by molar-refractivity contribution is 0.234. The number of urea groups is 1. The summed E-state index contributed by atoms with van der Waals surface area (Å²) in [6.07, 6.45) is 0. The third-order valence-electron chi connectivity index (χ3n) is 3.47. The molecule has 3 rings (SSSR count). The summed E-state index contributed by atoms with van der Waals surface area (Å²) in [7, 11) is 1.54. The van der Waals surface area contributed by atoms with Crippen LogP contribution >= 0.6 is 0 Å². The second kappa shape index (κ2) is 8.60. The van der Waals surface area contributed by atoms with Crippen molar-refractivity contribution in [2.75, 3.05) is 17.7 Å². The summed E-state index contributed by atoms with van der Waals surface area (Å²) in [6.45, 7) is 0. The van der Waals surface area contributed by atoms with E-state index in [-0.39, 0.29) is 17.3 Å². The fourth-order valence-electron chi connectivity index (χ4n) is 2.15. The summed E-state index contributed by atoms with van der Waals surface area (Å²) in [4.78, 5) is 16.2. The molecule has 10 nitrogen and oxygen atoms in total. The van der Waals surface area contributed by atoms with Gasteiger partial charge in [0, 0.05) is 5.69 Å². The Labute approximate surface area is 158 Å². The molecule has 0 radical (unpaired) electrons. The number of aliphatic imine (C=N–C) groups is 1. The van der Waals surface area contributed by atoms with E-state index in [0.29, 0.717) is 17.1 Å². The average Bonchev–Trinajstić information content (AvgIpc) is 3.16. The van der Waals surface area contributed by atoms with Crippen molar-refractivity contribution in [3.05, 3.63) is 60.0 Å². The molecule has 4 N–H and O–H groups in total. The first-order valence-corrected chi connectivity index (χ1v) is 7.88. The highest BCUT2D eigenvalue weighted by atomic mass is 19.1. The van der Waals surface area contributed by atoms with Crippen LogP contribution in [-0.2, 0) is 0 Å². The van der Waals surface area contributed by atoms with Gasteiger partial charge in [0.25, 0.3) is 0 Å². The van der Waals surface area contributed by atoms with Crippen LogP contribution in [0.1, 0.15) is 5.69 Å². The Balaban J connectivity index is 1.74. The van der Waals surface area contributed by atoms with Gasteiger partial charge in [-0.15, -0.1) is 0 Å². The molecule has 0 spiro atoms. The smallest absolute Gasteiger partial charge is 0.325 e. The first-order chi connectivity index (χ1) is 13.6. The van der Waals surface area contributed by atoms with E-state index in [2.05, 4.69) is 30.6 Å². The first-order valence-electron chi connectivity index (χ1n) is 7.88. The molecule has 0 bridgehead atoms. The summed E-state index contributed by atoms with van der Waals surface area (Å²) >= 11 is 0.